The molecule has 1 unspecified atom stereocenters. The molecule has 2 N–H and O–H groups in total. The van der Waals surface area contributed by atoms with Gasteiger partial charge >= 0.3 is 12.4 Å². The van der Waals surface area contributed by atoms with Crippen LogP contribution in [-0.2, 0) is 12.8 Å². The van der Waals surface area contributed by atoms with Gasteiger partial charge in [0.1, 0.15) is 17.5 Å². The fourth-order valence-electron chi connectivity index (χ4n) is 4.21. The van der Waals surface area contributed by atoms with Gasteiger partial charge in [-0.1, -0.05) is 12.1 Å². The molecule has 0 bridgehead atoms. The predicted molar refractivity (Wildman–Crippen MR) is 130 cm³/mol. The number of alkyl halides is 6. The minimum absolute atomic E-state index is 0.0460. The van der Waals surface area contributed by atoms with E-state index in [9.17, 15) is 35.9 Å². The third-order valence-corrected chi connectivity index (χ3v) is 6.05. The van der Waals surface area contributed by atoms with Gasteiger partial charge in [0.15, 0.2) is 12.4 Å². The van der Waals surface area contributed by atoms with Crippen molar-refractivity contribution in [3.8, 4) is 17.6 Å². The molecule has 216 valence electrons. The number of carbonyl (C=O) groups excluding carboxylic acids is 2. The normalized spacial score (nSPS) is 15.0. The number of carbonyl (C=O) groups is 2. The number of aryl methyl sites for hydroxylation is 1. The third-order valence-electron chi connectivity index (χ3n) is 6.05. The number of halogens is 6. The lowest BCUT2D eigenvalue weighted by Crippen LogP contribution is -2.42. The number of rotatable bonds is 9. The Kier molecular flexibility index (Phi) is 8.50. The highest BCUT2D eigenvalue weighted by atomic mass is 19.4. The number of pyridine rings is 1. The first-order valence-corrected chi connectivity index (χ1v) is 12.3. The number of amides is 2. The number of hydrogen-bond donors (Lipinski definition) is 2. The lowest BCUT2D eigenvalue weighted by Gasteiger charge is -2.23. The van der Waals surface area contributed by atoms with E-state index in [0.717, 1.165) is 4.68 Å². The maximum absolute atomic E-state index is 13.1. The smallest absolute Gasteiger partial charge is 0.422 e. The third kappa shape index (κ3) is 7.74. The first-order valence-electron chi connectivity index (χ1n) is 12.3. The van der Waals surface area contributed by atoms with Crippen molar-refractivity contribution in [1.82, 2.24) is 25.4 Å². The molecule has 15 heteroatoms. The van der Waals surface area contributed by atoms with Crippen LogP contribution in [0.15, 0.2) is 42.6 Å². The van der Waals surface area contributed by atoms with E-state index < -0.39 is 49.8 Å². The summed E-state index contributed by atoms with van der Waals surface area (Å²) in [5, 5.41) is 18.3. The number of aromatic nitrogens is 3. The Bertz CT molecular complexity index is 1460. The minimum atomic E-state index is -4.50. The molecule has 0 saturated heterocycles. The molecule has 1 atom stereocenters. The molecule has 1 aromatic carbocycles. The quantitative estimate of drug-likeness (QED) is 0.369. The van der Waals surface area contributed by atoms with Crippen LogP contribution in [0.5, 0.6) is 5.75 Å². The van der Waals surface area contributed by atoms with Gasteiger partial charge in [-0.05, 0) is 42.7 Å². The topological polar surface area (TPSA) is 122 Å². The van der Waals surface area contributed by atoms with Gasteiger partial charge in [0, 0.05) is 25.2 Å². The predicted octanol–water partition coefficient (Wildman–Crippen LogP) is 4.05. The number of fused-ring (bicyclic) bond motifs is 1. The van der Waals surface area contributed by atoms with Crippen LogP contribution in [0.4, 0.5) is 26.3 Å². The second-order valence-corrected chi connectivity index (χ2v) is 9.18. The first kappa shape index (κ1) is 29.4. The maximum atomic E-state index is 13.1. The van der Waals surface area contributed by atoms with E-state index in [4.69, 9.17) is 10.00 Å². The van der Waals surface area contributed by atoms with Crippen LogP contribution in [0.3, 0.4) is 0 Å². The standard InChI is InChI=1S/C26H22F6N6O3/c27-25(28,29)8-9-34-24(40)22-21-19(37-38(22)20-7-5-16(12-33)13-35-20)11-17(36-23(21)39)6-4-15-2-1-3-18(10-15)41-14-26(30,31)32/h1-3,5,7,10,13,17H,4,6,8-9,11,14H2,(H,34,40)(H,36,39). The molecule has 2 amide bonds. The molecule has 0 spiro atoms. The minimum Gasteiger partial charge on any atom is -0.484 e. The Morgan fingerprint density at radius 2 is 1.95 bits per heavy atom. The van der Waals surface area contributed by atoms with E-state index in [0.29, 0.717) is 18.4 Å². The zero-order valence-corrected chi connectivity index (χ0v) is 21.1. The molecule has 2 aromatic heterocycles. The fraction of sp³-hybridized carbons (Fsp3) is 0.346. The highest BCUT2D eigenvalue weighted by molar-refractivity contribution is 6.08. The van der Waals surface area contributed by atoms with Gasteiger partial charge in [0.2, 0.25) is 0 Å². The van der Waals surface area contributed by atoms with Crippen molar-refractivity contribution in [3.63, 3.8) is 0 Å². The largest absolute Gasteiger partial charge is 0.484 e. The number of hydrogen-bond acceptors (Lipinski definition) is 6. The van der Waals surface area contributed by atoms with E-state index in [2.05, 4.69) is 20.7 Å². The first-order chi connectivity index (χ1) is 19.3. The van der Waals surface area contributed by atoms with Crippen LogP contribution < -0.4 is 15.4 Å². The zero-order chi connectivity index (χ0) is 29.8. The van der Waals surface area contributed by atoms with Crippen molar-refractivity contribution >= 4 is 11.8 Å². The lowest BCUT2D eigenvalue weighted by molar-refractivity contribution is -0.153. The van der Waals surface area contributed by atoms with Gasteiger partial charge in [0.05, 0.1) is 23.2 Å². The summed E-state index contributed by atoms with van der Waals surface area (Å²) < 4.78 is 81.1. The molecule has 0 fully saturated rings. The molecule has 0 radical (unpaired) electrons. The summed E-state index contributed by atoms with van der Waals surface area (Å²) in [6.45, 7) is -2.15. The summed E-state index contributed by atoms with van der Waals surface area (Å²) in [6, 6.07) is 10.3. The highest BCUT2D eigenvalue weighted by Crippen LogP contribution is 2.26. The van der Waals surface area contributed by atoms with Crippen LogP contribution in [0.25, 0.3) is 5.82 Å². The molecule has 0 aliphatic carbocycles. The van der Waals surface area contributed by atoms with Gasteiger partial charge in [-0.3, -0.25) is 9.59 Å². The molecule has 1 aliphatic heterocycles. The lowest BCUT2D eigenvalue weighted by atomic mass is 9.95. The van der Waals surface area contributed by atoms with Crippen LogP contribution in [-0.4, -0.2) is 58.1 Å². The van der Waals surface area contributed by atoms with E-state index in [1.165, 1.54) is 30.5 Å². The van der Waals surface area contributed by atoms with E-state index >= 15 is 0 Å². The SMILES string of the molecule is N#Cc1ccc(-n2nc3c(c2C(=O)NCCC(F)(F)F)C(=O)NC(CCc2cccc(OCC(F)(F)F)c2)C3)nc1. The molecule has 1 aliphatic rings. The average Bonchev–Trinajstić information content (AvgIpc) is 3.30. The zero-order valence-electron chi connectivity index (χ0n) is 21.1. The summed E-state index contributed by atoms with van der Waals surface area (Å²) in [6.07, 6.45) is -8.15. The molecule has 4 rings (SSSR count). The van der Waals surface area contributed by atoms with Gasteiger partial charge in [-0.25, -0.2) is 9.67 Å². The van der Waals surface area contributed by atoms with Crippen molar-refractivity contribution in [2.75, 3.05) is 13.2 Å². The van der Waals surface area contributed by atoms with Crippen LogP contribution in [0.2, 0.25) is 0 Å². The van der Waals surface area contributed by atoms with Crippen molar-refractivity contribution in [2.24, 2.45) is 0 Å². The molecule has 0 saturated carbocycles. The highest BCUT2D eigenvalue weighted by Gasteiger charge is 2.35. The number of nitrogens with one attached hydrogen (secondary N) is 2. The van der Waals surface area contributed by atoms with Crippen LogP contribution >= 0.6 is 0 Å². The Balaban J connectivity index is 1.54. The molecule has 9 nitrogen and oxygen atoms in total. The Morgan fingerprint density at radius 3 is 2.61 bits per heavy atom. The van der Waals surface area contributed by atoms with E-state index in [1.54, 1.807) is 12.1 Å². The fourth-order valence-corrected chi connectivity index (χ4v) is 4.21. The number of nitriles is 1. The van der Waals surface area contributed by atoms with Gasteiger partial charge in [-0.2, -0.15) is 36.7 Å². The Hall–Kier alpha value is -4.61. The second-order valence-electron chi connectivity index (χ2n) is 9.18. The molecular weight excluding hydrogens is 558 g/mol. The maximum Gasteiger partial charge on any atom is 0.422 e. The second kappa shape index (κ2) is 11.9. The number of nitrogens with zero attached hydrogens (tertiary/aromatic N) is 4. The van der Waals surface area contributed by atoms with Gasteiger partial charge < -0.3 is 15.4 Å². The van der Waals surface area contributed by atoms with Crippen molar-refractivity contribution < 1.29 is 40.7 Å². The van der Waals surface area contributed by atoms with Gasteiger partial charge in [0.25, 0.3) is 11.8 Å². The Labute approximate surface area is 229 Å². The molecular formula is C26H22F6N6O3. The summed E-state index contributed by atoms with van der Waals surface area (Å²) in [4.78, 5) is 30.2. The van der Waals surface area contributed by atoms with Crippen molar-refractivity contribution in [1.29, 1.82) is 5.26 Å². The van der Waals surface area contributed by atoms with Crippen molar-refractivity contribution in [2.45, 2.75) is 44.1 Å². The van der Waals surface area contributed by atoms with Crippen LogP contribution in [0.1, 0.15) is 50.5 Å². The Morgan fingerprint density at radius 1 is 1.17 bits per heavy atom. The summed E-state index contributed by atoms with van der Waals surface area (Å²) >= 11 is 0. The summed E-state index contributed by atoms with van der Waals surface area (Å²) in [5.41, 5.74) is 0.687. The van der Waals surface area contributed by atoms with Gasteiger partial charge in [-0.15, -0.1) is 0 Å². The monoisotopic (exact) mass is 580 g/mol. The molecule has 3 aromatic rings. The molecule has 3 heterocycles. The van der Waals surface area contributed by atoms with E-state index in [-0.39, 0.29) is 40.5 Å². The summed E-state index contributed by atoms with van der Waals surface area (Å²) in [7, 11) is 0. The van der Waals surface area contributed by atoms with Crippen molar-refractivity contribution in [3.05, 3.63) is 70.7 Å². The molecule has 41 heavy (non-hydrogen) atoms. The number of benzene rings is 1. The average molecular weight is 580 g/mol. The number of ether oxygens (including phenoxy) is 1. The summed E-state index contributed by atoms with van der Waals surface area (Å²) in [5.74, 6) is -1.51. The van der Waals surface area contributed by atoms with Crippen LogP contribution in [0, 0.1) is 11.3 Å². The van der Waals surface area contributed by atoms with E-state index in [1.807, 2.05) is 6.07 Å².